The van der Waals surface area contributed by atoms with Crippen molar-refractivity contribution >= 4 is 17.5 Å². The van der Waals surface area contributed by atoms with Crippen LogP contribution in [0, 0.1) is 5.92 Å². The Morgan fingerprint density at radius 1 is 0.964 bits per heavy atom. The highest BCUT2D eigenvalue weighted by Gasteiger charge is 2.25. The first-order chi connectivity index (χ1) is 13.8. The number of hydrogen-bond donors (Lipinski definition) is 0. The molecule has 2 saturated heterocycles. The fourth-order valence-corrected chi connectivity index (χ4v) is 4.17. The van der Waals surface area contributed by atoms with E-state index in [0.717, 1.165) is 63.7 Å². The van der Waals surface area contributed by atoms with Crippen LogP contribution in [0.3, 0.4) is 0 Å². The van der Waals surface area contributed by atoms with Gasteiger partial charge in [-0.1, -0.05) is 6.07 Å². The fraction of sp³-hybridized carbons (Fsp3) is 0.524. The van der Waals surface area contributed by atoms with E-state index >= 15 is 0 Å². The third-order valence-corrected chi connectivity index (χ3v) is 5.76. The Kier molecular flexibility index (Phi) is 5.99. The summed E-state index contributed by atoms with van der Waals surface area (Å²) in [6, 6.07) is 5.97. The van der Waals surface area contributed by atoms with Crippen molar-refractivity contribution in [1.29, 1.82) is 0 Å². The lowest BCUT2D eigenvalue weighted by Gasteiger charge is -2.36. The summed E-state index contributed by atoms with van der Waals surface area (Å²) < 4.78 is 0. The lowest BCUT2D eigenvalue weighted by molar-refractivity contribution is -0.131. The Bertz CT molecular complexity index is 748. The number of hydrogen-bond acceptors (Lipinski definition) is 6. The summed E-state index contributed by atoms with van der Waals surface area (Å²) in [6.07, 6.45) is 11.0. The molecular weight excluding hydrogens is 352 g/mol. The van der Waals surface area contributed by atoms with E-state index in [9.17, 15) is 4.79 Å². The lowest BCUT2D eigenvalue weighted by atomic mass is 9.93. The van der Waals surface area contributed by atoms with E-state index < -0.39 is 0 Å². The number of carbonyl (C=O) groups excluding carboxylic acids is 1. The molecule has 7 nitrogen and oxygen atoms in total. The van der Waals surface area contributed by atoms with Crippen molar-refractivity contribution in [1.82, 2.24) is 19.9 Å². The zero-order valence-electron chi connectivity index (χ0n) is 16.3. The molecule has 0 unspecified atom stereocenters. The summed E-state index contributed by atoms with van der Waals surface area (Å²) in [6.45, 7) is 5.27. The predicted octanol–water partition coefficient (Wildman–Crippen LogP) is 2.22. The minimum atomic E-state index is 0.289. The maximum absolute atomic E-state index is 12.7. The number of nitrogens with zero attached hydrogens (tertiary/aromatic N) is 6. The number of aromatic nitrogens is 3. The van der Waals surface area contributed by atoms with Gasteiger partial charge in [0.2, 0.25) is 5.91 Å². The van der Waals surface area contributed by atoms with E-state index in [4.69, 9.17) is 0 Å². The molecule has 0 N–H and O–H groups in total. The zero-order valence-corrected chi connectivity index (χ0v) is 16.3. The molecule has 7 heteroatoms. The van der Waals surface area contributed by atoms with Crippen LogP contribution < -0.4 is 9.80 Å². The number of carbonyl (C=O) groups is 1. The molecule has 4 rings (SSSR count). The van der Waals surface area contributed by atoms with Crippen molar-refractivity contribution in [2.75, 3.05) is 49.1 Å². The van der Waals surface area contributed by atoms with Crippen LogP contribution in [0.5, 0.6) is 0 Å². The van der Waals surface area contributed by atoms with Crippen LogP contribution in [-0.2, 0) is 4.79 Å². The monoisotopic (exact) mass is 380 g/mol. The van der Waals surface area contributed by atoms with Gasteiger partial charge in [0.05, 0.1) is 6.20 Å². The second-order valence-electron chi connectivity index (χ2n) is 7.61. The fourth-order valence-electron chi connectivity index (χ4n) is 4.17. The zero-order chi connectivity index (χ0) is 19.2. The summed E-state index contributed by atoms with van der Waals surface area (Å²) in [7, 11) is 0. The second-order valence-corrected chi connectivity index (χ2v) is 7.61. The first-order valence-corrected chi connectivity index (χ1v) is 10.2. The van der Waals surface area contributed by atoms with Crippen molar-refractivity contribution in [3.63, 3.8) is 0 Å². The van der Waals surface area contributed by atoms with Gasteiger partial charge >= 0.3 is 0 Å². The topological polar surface area (TPSA) is 65.5 Å². The van der Waals surface area contributed by atoms with Crippen LogP contribution in [0.2, 0.25) is 0 Å². The molecule has 0 spiro atoms. The number of anilines is 2. The van der Waals surface area contributed by atoms with Crippen LogP contribution >= 0.6 is 0 Å². The molecule has 0 aliphatic carbocycles. The van der Waals surface area contributed by atoms with E-state index in [-0.39, 0.29) is 5.91 Å². The van der Waals surface area contributed by atoms with Gasteiger partial charge in [0.15, 0.2) is 0 Å². The number of piperazine rings is 1. The van der Waals surface area contributed by atoms with Crippen molar-refractivity contribution in [2.45, 2.75) is 25.7 Å². The molecule has 2 aromatic heterocycles. The summed E-state index contributed by atoms with van der Waals surface area (Å²) >= 11 is 0. The van der Waals surface area contributed by atoms with Crippen LogP contribution in [-0.4, -0.2) is 65.0 Å². The van der Waals surface area contributed by atoms with Crippen molar-refractivity contribution in [3.8, 4) is 0 Å². The largest absolute Gasteiger partial charge is 0.355 e. The van der Waals surface area contributed by atoms with E-state index in [1.54, 1.807) is 12.4 Å². The molecule has 0 saturated carbocycles. The van der Waals surface area contributed by atoms with Gasteiger partial charge in [-0.05, 0) is 37.3 Å². The molecular formula is C21H28N6O. The standard InChI is InChI=1S/C21H28N6O/c28-21(26-14-12-25(13-15-26)19-5-1-2-8-23-19)7-6-18-4-3-11-27(17-18)20-16-22-9-10-24-20/h1-2,5,8-10,16,18H,3-4,6-7,11-15,17H2/t18-/m1/s1. The van der Waals surface area contributed by atoms with Crippen LogP contribution in [0.1, 0.15) is 25.7 Å². The van der Waals surface area contributed by atoms with Crippen molar-refractivity contribution in [2.24, 2.45) is 5.92 Å². The smallest absolute Gasteiger partial charge is 0.222 e. The predicted molar refractivity (Wildman–Crippen MR) is 109 cm³/mol. The second kappa shape index (κ2) is 8.99. The number of amides is 1. The molecule has 1 amide bonds. The minimum absolute atomic E-state index is 0.289. The first-order valence-electron chi connectivity index (χ1n) is 10.2. The lowest BCUT2D eigenvalue weighted by Crippen LogP contribution is -2.49. The summed E-state index contributed by atoms with van der Waals surface area (Å²) in [4.78, 5) is 32.3. The molecule has 0 radical (unpaired) electrons. The Morgan fingerprint density at radius 2 is 1.82 bits per heavy atom. The molecule has 0 aromatic carbocycles. The van der Waals surface area contributed by atoms with Gasteiger partial charge in [-0.15, -0.1) is 0 Å². The van der Waals surface area contributed by atoms with Gasteiger partial charge in [0.25, 0.3) is 0 Å². The van der Waals surface area contributed by atoms with Crippen LogP contribution in [0.15, 0.2) is 43.0 Å². The molecule has 2 aromatic rings. The number of pyridine rings is 1. The Morgan fingerprint density at radius 3 is 2.57 bits per heavy atom. The summed E-state index contributed by atoms with van der Waals surface area (Å²) in [5.41, 5.74) is 0. The van der Waals surface area contributed by atoms with Gasteiger partial charge in [-0.2, -0.15) is 0 Å². The Hall–Kier alpha value is -2.70. The summed E-state index contributed by atoms with van der Waals surface area (Å²) in [5.74, 6) is 2.79. The molecule has 4 heterocycles. The SMILES string of the molecule is O=C(CC[C@H]1CCCN(c2cnccn2)C1)N1CCN(c2ccccn2)CC1. The third-order valence-electron chi connectivity index (χ3n) is 5.76. The number of rotatable bonds is 5. The van der Waals surface area contributed by atoms with Crippen molar-refractivity contribution in [3.05, 3.63) is 43.0 Å². The highest BCUT2D eigenvalue weighted by Crippen LogP contribution is 2.24. The average Bonchev–Trinajstić information content (AvgIpc) is 2.79. The molecule has 1 atom stereocenters. The Labute approximate surface area is 166 Å². The molecule has 2 aliphatic rings. The van der Waals surface area contributed by atoms with Gasteiger partial charge < -0.3 is 14.7 Å². The van der Waals surface area contributed by atoms with Crippen molar-refractivity contribution < 1.29 is 4.79 Å². The number of piperidine rings is 1. The minimum Gasteiger partial charge on any atom is -0.355 e. The first kappa shape index (κ1) is 18.7. The molecule has 28 heavy (non-hydrogen) atoms. The molecule has 2 fully saturated rings. The highest BCUT2D eigenvalue weighted by molar-refractivity contribution is 5.76. The van der Waals surface area contributed by atoms with E-state index in [1.165, 1.54) is 6.42 Å². The highest BCUT2D eigenvalue weighted by atomic mass is 16.2. The van der Waals surface area contributed by atoms with E-state index in [0.29, 0.717) is 12.3 Å². The quantitative estimate of drug-likeness (QED) is 0.792. The average molecular weight is 380 g/mol. The van der Waals surface area contributed by atoms with Gasteiger partial charge in [-0.25, -0.2) is 9.97 Å². The summed E-state index contributed by atoms with van der Waals surface area (Å²) in [5, 5.41) is 0. The van der Waals surface area contributed by atoms with E-state index in [1.807, 2.05) is 35.5 Å². The maximum atomic E-state index is 12.7. The van der Waals surface area contributed by atoms with Gasteiger partial charge in [-0.3, -0.25) is 9.78 Å². The molecule has 2 aliphatic heterocycles. The molecule has 0 bridgehead atoms. The van der Waals surface area contributed by atoms with Crippen LogP contribution in [0.25, 0.3) is 0 Å². The maximum Gasteiger partial charge on any atom is 0.222 e. The third kappa shape index (κ3) is 4.58. The van der Waals surface area contributed by atoms with Crippen LogP contribution in [0.4, 0.5) is 11.6 Å². The Balaban J connectivity index is 1.22. The van der Waals surface area contributed by atoms with Gasteiger partial charge in [0, 0.05) is 64.3 Å². The van der Waals surface area contributed by atoms with E-state index in [2.05, 4.69) is 24.8 Å². The van der Waals surface area contributed by atoms with Gasteiger partial charge in [0.1, 0.15) is 11.6 Å². The molecule has 148 valence electrons. The normalized spacial score (nSPS) is 20.3.